The highest BCUT2D eigenvalue weighted by Crippen LogP contribution is 2.38. The molecule has 0 saturated heterocycles. The van der Waals surface area contributed by atoms with E-state index < -0.39 is 0 Å². The Balaban J connectivity index is 0.967. The summed E-state index contributed by atoms with van der Waals surface area (Å²) in [7, 11) is 0. The summed E-state index contributed by atoms with van der Waals surface area (Å²) in [6, 6.07) is 51.7. The fourth-order valence-corrected chi connectivity index (χ4v) is 8.02. The minimum absolute atomic E-state index is 0.702. The molecule has 0 unspecified atom stereocenters. The van der Waals surface area contributed by atoms with Crippen LogP contribution in [-0.4, -0.2) is 50.3 Å². The third-order valence-corrected chi connectivity index (χ3v) is 11.2. The van der Waals surface area contributed by atoms with Crippen LogP contribution < -0.4 is 0 Å². The molecule has 10 nitrogen and oxygen atoms in total. The van der Waals surface area contributed by atoms with Crippen LogP contribution in [0.25, 0.3) is 99.2 Å². The van der Waals surface area contributed by atoms with Crippen LogP contribution in [0.3, 0.4) is 0 Å². The first-order chi connectivity index (χ1) is 28.7. The van der Waals surface area contributed by atoms with E-state index in [4.69, 9.17) is 19.9 Å². The van der Waals surface area contributed by atoms with Gasteiger partial charge in [-0.3, -0.25) is 9.97 Å². The molecule has 8 aromatic heterocycles. The third-order valence-electron chi connectivity index (χ3n) is 9.20. The lowest BCUT2D eigenvalue weighted by molar-refractivity contribution is 1.09. The van der Waals surface area contributed by atoms with Crippen LogP contribution in [0.5, 0.6) is 0 Å². The summed E-state index contributed by atoms with van der Waals surface area (Å²) >= 11 is 2.97. The Labute approximate surface area is 340 Å². The zero-order valence-electron chi connectivity index (χ0n) is 30.5. The normalized spacial score (nSPS) is 11.1. The molecule has 0 bridgehead atoms. The summed E-state index contributed by atoms with van der Waals surface area (Å²) in [4.78, 5) is 28.5. The van der Waals surface area contributed by atoms with E-state index in [-0.39, 0.29) is 0 Å². The molecule has 0 radical (unpaired) electrons. The maximum absolute atomic E-state index is 4.96. The number of nitrogens with zero attached hydrogens (tertiary/aromatic N) is 10. The molecule has 0 saturated carbocycles. The van der Waals surface area contributed by atoms with Crippen LogP contribution >= 0.6 is 22.7 Å². The summed E-state index contributed by atoms with van der Waals surface area (Å²) in [5.74, 6) is 0. The molecule has 274 valence electrons. The second kappa shape index (κ2) is 15.5. The van der Waals surface area contributed by atoms with E-state index >= 15 is 0 Å². The standard InChI is InChI=1S/C46H28N10S2/c1-2-12-29(13-3-1)30-26-31(43-53-55-45(57-43)41-22-10-20-39(51-41)37-18-8-16-35(49-37)33-14-4-6-24-47-33)28-32(27-30)44-54-56-46(58-44)42-23-11-21-40(52-42)38-19-9-17-36(50-38)34-15-5-7-25-48-34/h1-28H. The van der Waals surface area contributed by atoms with Gasteiger partial charge in [0.2, 0.25) is 0 Å². The first kappa shape index (κ1) is 34.9. The summed E-state index contributed by atoms with van der Waals surface area (Å²) in [6.07, 6.45) is 3.53. The summed E-state index contributed by atoms with van der Waals surface area (Å²) in [5, 5.41) is 21.4. The smallest absolute Gasteiger partial charge is 0.166 e. The lowest BCUT2D eigenvalue weighted by Crippen LogP contribution is -1.92. The number of hydrogen-bond donors (Lipinski definition) is 0. The van der Waals surface area contributed by atoms with Crippen LogP contribution in [-0.2, 0) is 0 Å². The molecule has 0 atom stereocenters. The van der Waals surface area contributed by atoms with Gasteiger partial charge in [0.05, 0.1) is 45.6 Å². The van der Waals surface area contributed by atoms with Gasteiger partial charge in [0.1, 0.15) is 21.4 Å². The molecule has 58 heavy (non-hydrogen) atoms. The monoisotopic (exact) mass is 784 g/mol. The number of aromatic nitrogens is 10. The van der Waals surface area contributed by atoms with Crippen LogP contribution in [0.1, 0.15) is 0 Å². The lowest BCUT2D eigenvalue weighted by Gasteiger charge is -2.07. The predicted molar refractivity (Wildman–Crippen MR) is 229 cm³/mol. The molecule has 0 aliphatic rings. The molecule has 12 heteroatoms. The molecule has 8 heterocycles. The molecule has 10 aromatic rings. The molecule has 10 rings (SSSR count). The maximum atomic E-state index is 4.96. The van der Waals surface area contributed by atoms with Gasteiger partial charge in [-0.15, -0.1) is 20.4 Å². The van der Waals surface area contributed by atoms with Crippen molar-refractivity contribution in [2.75, 3.05) is 0 Å². The Hall–Kier alpha value is -7.54. The van der Waals surface area contributed by atoms with Crippen LogP contribution in [0.2, 0.25) is 0 Å². The Morgan fingerprint density at radius 3 is 1.03 bits per heavy atom. The highest BCUT2D eigenvalue weighted by atomic mass is 32.1. The molecular formula is C46H28N10S2. The first-order valence-electron chi connectivity index (χ1n) is 18.3. The van der Waals surface area contributed by atoms with Crippen LogP contribution in [0.15, 0.2) is 170 Å². The van der Waals surface area contributed by atoms with Crippen molar-refractivity contribution in [1.29, 1.82) is 0 Å². The van der Waals surface area contributed by atoms with Gasteiger partial charge in [-0.1, -0.05) is 89.4 Å². The average Bonchev–Trinajstić information content (AvgIpc) is 4.02. The quantitative estimate of drug-likeness (QED) is 0.139. The van der Waals surface area contributed by atoms with Crippen molar-refractivity contribution in [1.82, 2.24) is 50.3 Å². The van der Waals surface area contributed by atoms with Crippen molar-refractivity contribution in [3.05, 3.63) is 170 Å². The number of benzene rings is 2. The average molecular weight is 785 g/mol. The van der Waals surface area contributed by atoms with E-state index in [1.54, 1.807) is 12.4 Å². The molecule has 0 fully saturated rings. The Morgan fingerprint density at radius 2 is 0.603 bits per heavy atom. The van der Waals surface area contributed by atoms with E-state index in [0.29, 0.717) is 21.4 Å². The van der Waals surface area contributed by atoms with Gasteiger partial charge in [0.25, 0.3) is 0 Å². The van der Waals surface area contributed by atoms with E-state index in [1.165, 1.54) is 22.7 Å². The van der Waals surface area contributed by atoms with Gasteiger partial charge in [-0.25, -0.2) is 19.9 Å². The second-order valence-corrected chi connectivity index (χ2v) is 15.0. The summed E-state index contributed by atoms with van der Waals surface area (Å²) in [6.45, 7) is 0. The largest absolute Gasteiger partial charge is 0.255 e. The van der Waals surface area contributed by atoms with Crippen LogP contribution in [0.4, 0.5) is 0 Å². The van der Waals surface area contributed by atoms with Gasteiger partial charge in [0, 0.05) is 23.5 Å². The van der Waals surface area contributed by atoms with E-state index in [1.807, 2.05) is 127 Å². The first-order valence-corrected chi connectivity index (χ1v) is 19.9. The predicted octanol–water partition coefficient (Wildman–Crippen LogP) is 10.8. The Morgan fingerprint density at radius 1 is 0.259 bits per heavy atom. The fraction of sp³-hybridized carbons (Fsp3) is 0. The minimum atomic E-state index is 0.702. The zero-order valence-corrected chi connectivity index (χ0v) is 32.1. The van der Waals surface area contributed by atoms with Crippen molar-refractivity contribution < 1.29 is 0 Å². The van der Waals surface area contributed by atoms with Crippen molar-refractivity contribution in [3.8, 4) is 99.2 Å². The molecular weight excluding hydrogens is 757 g/mol. The molecule has 0 aliphatic heterocycles. The van der Waals surface area contributed by atoms with Gasteiger partial charge in [-0.2, -0.15) is 0 Å². The molecule has 2 aromatic carbocycles. The number of hydrogen-bond acceptors (Lipinski definition) is 12. The van der Waals surface area contributed by atoms with Crippen molar-refractivity contribution in [2.24, 2.45) is 0 Å². The molecule has 0 amide bonds. The Bertz CT molecular complexity index is 2840. The van der Waals surface area contributed by atoms with Gasteiger partial charge >= 0.3 is 0 Å². The lowest BCUT2D eigenvalue weighted by atomic mass is 10.00. The molecule has 0 spiro atoms. The van der Waals surface area contributed by atoms with Crippen LogP contribution in [0, 0.1) is 0 Å². The number of rotatable bonds is 9. The van der Waals surface area contributed by atoms with Crippen molar-refractivity contribution >= 4 is 22.7 Å². The zero-order chi connectivity index (χ0) is 38.7. The van der Waals surface area contributed by atoms with E-state index in [2.05, 4.69) is 60.7 Å². The number of pyridine rings is 6. The summed E-state index contributed by atoms with van der Waals surface area (Å²) < 4.78 is 0. The van der Waals surface area contributed by atoms with Gasteiger partial charge in [-0.05, 0) is 102 Å². The minimum Gasteiger partial charge on any atom is -0.255 e. The van der Waals surface area contributed by atoms with E-state index in [9.17, 15) is 0 Å². The highest BCUT2D eigenvalue weighted by Gasteiger charge is 2.17. The van der Waals surface area contributed by atoms with E-state index in [0.717, 1.165) is 77.8 Å². The fourth-order valence-electron chi connectivity index (χ4n) is 6.42. The van der Waals surface area contributed by atoms with Crippen molar-refractivity contribution in [3.63, 3.8) is 0 Å². The van der Waals surface area contributed by atoms with Gasteiger partial charge < -0.3 is 0 Å². The Kier molecular flexibility index (Phi) is 9.35. The highest BCUT2D eigenvalue weighted by molar-refractivity contribution is 7.18. The second-order valence-electron chi connectivity index (χ2n) is 13.1. The van der Waals surface area contributed by atoms with Crippen molar-refractivity contribution in [2.45, 2.75) is 0 Å². The third kappa shape index (κ3) is 7.28. The SMILES string of the molecule is c1ccc(-c2cc(-c3nnc(-c4cccc(-c5cccc(-c6ccccn6)n5)n4)s3)cc(-c3nnc(-c4cccc(-c5cccc(-c6ccccn6)n5)n4)s3)c2)cc1. The molecule has 0 aliphatic carbocycles. The topological polar surface area (TPSA) is 129 Å². The summed E-state index contributed by atoms with van der Waals surface area (Å²) in [5.41, 5.74) is 11.5. The maximum Gasteiger partial charge on any atom is 0.166 e. The van der Waals surface area contributed by atoms with Gasteiger partial charge in [0.15, 0.2) is 10.0 Å². The molecule has 0 N–H and O–H groups in total.